The number of hydrogen-bond donors (Lipinski definition) is 1. The highest BCUT2D eigenvalue weighted by molar-refractivity contribution is 7.94. The average Bonchev–Trinajstić information content (AvgIpc) is 2.78. The lowest BCUT2D eigenvalue weighted by Crippen LogP contribution is -2.33. The summed E-state index contributed by atoms with van der Waals surface area (Å²) in [5, 5.41) is 3.00. The lowest BCUT2D eigenvalue weighted by Gasteiger charge is -2.19. The molecule has 3 rings (SSSR count). The van der Waals surface area contributed by atoms with E-state index in [0.29, 0.717) is 5.69 Å². The minimum Gasteiger partial charge on any atom is -0.322 e. The van der Waals surface area contributed by atoms with Crippen LogP contribution in [0, 0.1) is 5.41 Å². The maximum Gasteiger partial charge on any atom is 0.257 e. The Hall–Kier alpha value is -2.38. The number of halogens is 1. The van der Waals surface area contributed by atoms with E-state index >= 15 is 0 Å². The molecule has 0 bridgehead atoms. The second-order valence-corrected chi connectivity index (χ2v) is 10.3. The number of nitrogens with zero attached hydrogens (tertiary/aromatic N) is 1. The zero-order valence-electron chi connectivity index (χ0n) is 16.7. The molecule has 0 atom stereocenters. The van der Waals surface area contributed by atoms with E-state index in [1.54, 1.807) is 19.9 Å². The molecule has 2 amide bonds. The van der Waals surface area contributed by atoms with Gasteiger partial charge in [0.25, 0.3) is 5.91 Å². The Balaban J connectivity index is 1.99. The molecule has 1 saturated heterocycles. The van der Waals surface area contributed by atoms with Gasteiger partial charge in [-0.1, -0.05) is 43.6 Å². The molecule has 0 radical (unpaired) electrons. The molecule has 0 spiro atoms. The molecule has 1 fully saturated rings. The Labute approximate surface area is 175 Å². The molecular weight excluding hydrogens is 412 g/mol. The Kier molecular flexibility index (Phi) is 5.49. The lowest BCUT2D eigenvalue weighted by molar-refractivity contribution is -0.123. The number of anilines is 2. The molecule has 1 N–H and O–H groups in total. The lowest BCUT2D eigenvalue weighted by atomic mass is 9.95. The Morgan fingerprint density at radius 1 is 1.17 bits per heavy atom. The Bertz CT molecular complexity index is 1090. The van der Waals surface area contributed by atoms with Crippen LogP contribution in [0.2, 0.25) is 5.02 Å². The molecule has 2 aromatic carbocycles. The van der Waals surface area contributed by atoms with Crippen LogP contribution >= 0.6 is 11.6 Å². The van der Waals surface area contributed by atoms with E-state index in [0.717, 1.165) is 9.87 Å². The van der Waals surface area contributed by atoms with Crippen molar-refractivity contribution in [1.29, 1.82) is 0 Å². The molecule has 0 aromatic heterocycles. The van der Waals surface area contributed by atoms with E-state index in [-0.39, 0.29) is 27.9 Å². The van der Waals surface area contributed by atoms with Crippen LogP contribution in [0.3, 0.4) is 0 Å². The molecule has 0 saturated carbocycles. The molecule has 29 heavy (non-hydrogen) atoms. The van der Waals surface area contributed by atoms with E-state index < -0.39 is 27.3 Å². The quantitative estimate of drug-likeness (QED) is 0.772. The van der Waals surface area contributed by atoms with Gasteiger partial charge in [0.05, 0.1) is 27.4 Å². The van der Waals surface area contributed by atoms with Crippen LogP contribution in [0.1, 0.15) is 49.5 Å². The number of rotatable bonds is 4. The smallest absolute Gasteiger partial charge is 0.257 e. The first-order chi connectivity index (χ1) is 13.4. The topological polar surface area (TPSA) is 83.6 Å². The highest BCUT2D eigenvalue weighted by atomic mass is 35.5. The highest BCUT2D eigenvalue weighted by Crippen LogP contribution is 2.37. The van der Waals surface area contributed by atoms with Gasteiger partial charge in [-0.2, -0.15) is 0 Å². The molecule has 0 unspecified atom stereocenters. The first-order valence-corrected chi connectivity index (χ1v) is 11.2. The number of carbonyl (C=O) groups excluding carboxylic acids is 2. The summed E-state index contributed by atoms with van der Waals surface area (Å²) in [6.45, 7) is 7.20. The Morgan fingerprint density at radius 2 is 1.83 bits per heavy atom. The van der Waals surface area contributed by atoms with E-state index in [9.17, 15) is 18.0 Å². The largest absolute Gasteiger partial charge is 0.322 e. The van der Waals surface area contributed by atoms with E-state index in [4.69, 9.17) is 11.6 Å². The number of carbonyl (C=O) groups is 2. The van der Waals surface area contributed by atoms with Gasteiger partial charge in [-0.15, -0.1) is 0 Å². The van der Waals surface area contributed by atoms with Crippen LogP contribution in [-0.4, -0.2) is 26.0 Å². The minimum absolute atomic E-state index is 0.0930. The third-order valence-electron chi connectivity index (χ3n) is 4.84. The van der Waals surface area contributed by atoms with E-state index in [2.05, 4.69) is 5.32 Å². The molecule has 2 aromatic rings. The molecule has 154 valence electrons. The van der Waals surface area contributed by atoms with Crippen LogP contribution in [-0.2, 0) is 14.8 Å². The molecule has 8 heteroatoms. The fourth-order valence-electron chi connectivity index (χ4n) is 3.38. The number of hydrogen-bond acceptors (Lipinski definition) is 4. The van der Waals surface area contributed by atoms with Gasteiger partial charge in [0.15, 0.2) is 0 Å². The van der Waals surface area contributed by atoms with Gasteiger partial charge in [0, 0.05) is 5.69 Å². The van der Waals surface area contributed by atoms with Gasteiger partial charge in [0.2, 0.25) is 15.9 Å². The van der Waals surface area contributed by atoms with Crippen molar-refractivity contribution in [3.63, 3.8) is 0 Å². The van der Waals surface area contributed by atoms with Crippen molar-refractivity contribution in [3.05, 3.63) is 58.6 Å². The van der Waals surface area contributed by atoms with Gasteiger partial charge in [-0.05, 0) is 49.6 Å². The average molecular weight is 435 g/mol. The third kappa shape index (κ3) is 4.02. The fraction of sp³-hybridized carbons (Fsp3) is 0.333. The number of para-hydroxylation sites is 1. The van der Waals surface area contributed by atoms with Crippen molar-refractivity contribution in [1.82, 2.24) is 0 Å². The maximum atomic E-state index is 12.9. The van der Waals surface area contributed by atoms with Crippen LogP contribution < -0.4 is 9.62 Å². The molecule has 1 heterocycles. The standard InChI is InChI=1S/C21H23ClN2O4S/c1-13(2)15-7-5-6-8-18(15)23-19(25)16-11-14(9-10-17(16)22)24-20(26)21(3,4)12-29(24,27)28/h5-11,13H,12H2,1-4H3,(H,23,25). The first kappa shape index (κ1) is 21.3. The Morgan fingerprint density at radius 3 is 2.41 bits per heavy atom. The third-order valence-corrected chi connectivity index (χ3v) is 7.19. The summed E-state index contributed by atoms with van der Waals surface area (Å²) >= 11 is 6.22. The van der Waals surface area contributed by atoms with Crippen molar-refractivity contribution in [2.75, 3.05) is 15.4 Å². The van der Waals surface area contributed by atoms with Crippen molar-refractivity contribution in [2.24, 2.45) is 5.41 Å². The monoisotopic (exact) mass is 434 g/mol. The molecular formula is C21H23ClN2O4S. The van der Waals surface area contributed by atoms with Gasteiger partial charge in [0.1, 0.15) is 0 Å². The summed E-state index contributed by atoms with van der Waals surface area (Å²) in [6, 6.07) is 11.6. The van der Waals surface area contributed by atoms with Crippen LogP contribution in [0.5, 0.6) is 0 Å². The van der Waals surface area contributed by atoms with Crippen molar-refractivity contribution < 1.29 is 18.0 Å². The van der Waals surface area contributed by atoms with Crippen LogP contribution in [0.25, 0.3) is 0 Å². The summed E-state index contributed by atoms with van der Waals surface area (Å²) < 4.78 is 25.8. The summed E-state index contributed by atoms with van der Waals surface area (Å²) in [5.41, 5.74) is 0.784. The number of nitrogens with one attached hydrogen (secondary N) is 1. The predicted molar refractivity (Wildman–Crippen MR) is 115 cm³/mol. The molecule has 6 nitrogen and oxygen atoms in total. The minimum atomic E-state index is -3.82. The SMILES string of the molecule is CC(C)c1ccccc1NC(=O)c1cc(N2C(=O)C(C)(C)CS2(=O)=O)ccc1Cl. The summed E-state index contributed by atoms with van der Waals surface area (Å²) in [7, 11) is -3.82. The first-order valence-electron chi connectivity index (χ1n) is 9.21. The van der Waals surface area contributed by atoms with Gasteiger partial charge in [-0.25, -0.2) is 12.7 Å². The van der Waals surface area contributed by atoms with Gasteiger partial charge in [-0.3, -0.25) is 9.59 Å². The zero-order chi connectivity index (χ0) is 21.6. The van der Waals surface area contributed by atoms with E-state index in [1.807, 2.05) is 32.0 Å². The number of sulfonamides is 1. The zero-order valence-corrected chi connectivity index (χ0v) is 18.3. The van der Waals surface area contributed by atoms with Crippen LogP contribution in [0.15, 0.2) is 42.5 Å². The highest BCUT2D eigenvalue weighted by Gasteiger charge is 2.50. The summed E-state index contributed by atoms with van der Waals surface area (Å²) in [4.78, 5) is 25.5. The second-order valence-electron chi connectivity index (χ2n) is 8.07. The van der Waals surface area contributed by atoms with Crippen molar-refractivity contribution in [2.45, 2.75) is 33.6 Å². The van der Waals surface area contributed by atoms with Gasteiger partial charge >= 0.3 is 0 Å². The number of amides is 2. The number of benzene rings is 2. The van der Waals surface area contributed by atoms with Gasteiger partial charge < -0.3 is 5.32 Å². The molecule has 0 aliphatic carbocycles. The molecule has 1 aliphatic heterocycles. The fourth-order valence-corrected chi connectivity index (χ4v) is 5.68. The predicted octanol–water partition coefficient (Wildman–Crippen LogP) is 4.42. The van der Waals surface area contributed by atoms with Crippen molar-refractivity contribution in [3.8, 4) is 0 Å². The normalized spacial score (nSPS) is 17.6. The van der Waals surface area contributed by atoms with Crippen LogP contribution in [0.4, 0.5) is 11.4 Å². The van der Waals surface area contributed by atoms with E-state index in [1.165, 1.54) is 18.2 Å². The maximum absolute atomic E-state index is 12.9. The van der Waals surface area contributed by atoms with Crippen molar-refractivity contribution >= 4 is 44.8 Å². The summed E-state index contributed by atoms with van der Waals surface area (Å²) in [6.07, 6.45) is 0. The molecule has 1 aliphatic rings. The second kappa shape index (κ2) is 7.46. The summed E-state index contributed by atoms with van der Waals surface area (Å²) in [5.74, 6) is -1.10.